The molecule has 1 saturated heterocycles. The van der Waals surface area contributed by atoms with Crippen molar-refractivity contribution in [2.75, 3.05) is 23.7 Å². The number of sulfonamides is 1. The van der Waals surface area contributed by atoms with Gasteiger partial charge in [-0.15, -0.1) is 0 Å². The average molecular weight is 484 g/mol. The molecule has 8 nitrogen and oxygen atoms in total. The molecule has 2 aromatic rings. The number of ketones is 1. The van der Waals surface area contributed by atoms with E-state index in [9.17, 15) is 22.8 Å². The first-order valence-corrected chi connectivity index (χ1v) is 12.9. The van der Waals surface area contributed by atoms with Crippen molar-refractivity contribution in [3.63, 3.8) is 0 Å². The average Bonchev–Trinajstić information content (AvgIpc) is 3.67. The number of anilines is 2. The maximum Gasteiger partial charge on any atom is 0.243 e. The number of nitrogens with zero attached hydrogens (tertiary/aromatic N) is 1. The third-order valence-electron chi connectivity index (χ3n) is 6.43. The fourth-order valence-corrected chi connectivity index (χ4v) is 5.50. The molecule has 2 aromatic carbocycles. The zero-order valence-corrected chi connectivity index (χ0v) is 20.2. The van der Waals surface area contributed by atoms with Crippen LogP contribution in [0.25, 0.3) is 0 Å². The van der Waals surface area contributed by atoms with Crippen molar-refractivity contribution in [1.82, 2.24) is 4.31 Å². The van der Waals surface area contributed by atoms with Gasteiger partial charge in [0, 0.05) is 41.9 Å². The molecule has 4 rings (SSSR count). The number of Topliss-reactive ketones (excluding diaryl/α,β-unsaturated/α-hetero) is 1. The number of piperidine rings is 1. The summed E-state index contributed by atoms with van der Waals surface area (Å²) < 4.78 is 27.3. The lowest BCUT2D eigenvalue weighted by Gasteiger charge is -2.30. The van der Waals surface area contributed by atoms with Crippen LogP contribution in [0.2, 0.25) is 0 Å². The van der Waals surface area contributed by atoms with Crippen LogP contribution < -0.4 is 10.6 Å². The number of amides is 2. The molecule has 1 aliphatic carbocycles. The van der Waals surface area contributed by atoms with E-state index in [0.29, 0.717) is 29.8 Å². The Balaban J connectivity index is 1.36. The molecule has 2 amide bonds. The predicted octanol–water partition coefficient (Wildman–Crippen LogP) is 3.59. The van der Waals surface area contributed by atoms with Gasteiger partial charge in [-0.25, -0.2) is 8.42 Å². The van der Waals surface area contributed by atoms with Gasteiger partial charge in [0.1, 0.15) is 0 Å². The Morgan fingerprint density at radius 3 is 2.03 bits per heavy atom. The molecule has 180 valence electrons. The third-order valence-corrected chi connectivity index (χ3v) is 8.35. The van der Waals surface area contributed by atoms with Crippen molar-refractivity contribution < 1.29 is 22.8 Å². The minimum absolute atomic E-state index is 0.00523. The first-order chi connectivity index (χ1) is 16.1. The van der Waals surface area contributed by atoms with Crippen LogP contribution in [0, 0.1) is 18.8 Å². The highest BCUT2D eigenvalue weighted by Crippen LogP contribution is 2.31. The summed E-state index contributed by atoms with van der Waals surface area (Å²) in [5.41, 5.74) is 2.63. The summed E-state index contributed by atoms with van der Waals surface area (Å²) in [7, 11) is -3.69. The number of hydrogen-bond donors (Lipinski definition) is 2. The fraction of sp³-hybridized carbons (Fsp3) is 0.400. The maximum absolute atomic E-state index is 13.0. The van der Waals surface area contributed by atoms with Gasteiger partial charge in [0.25, 0.3) is 0 Å². The van der Waals surface area contributed by atoms with Crippen LogP contribution in [0.15, 0.2) is 47.4 Å². The monoisotopic (exact) mass is 483 g/mol. The lowest BCUT2D eigenvalue weighted by Crippen LogP contribution is -2.41. The molecule has 0 aromatic heterocycles. The smallest absolute Gasteiger partial charge is 0.243 e. The van der Waals surface area contributed by atoms with Crippen LogP contribution in [0.5, 0.6) is 0 Å². The number of aryl methyl sites for hydroxylation is 1. The standard InChI is InChI=1S/C25H29N3O5S/c1-16-3-8-21(26-24(30)19-4-5-19)15-23(16)27-25(31)20-11-13-28(14-12-20)34(32,33)22-9-6-18(7-10-22)17(2)29/h3,6-10,15,19-20H,4-5,11-14H2,1-2H3,(H,26,30)(H,27,31). The molecule has 2 fully saturated rings. The molecule has 0 atom stereocenters. The first kappa shape index (κ1) is 24.1. The topological polar surface area (TPSA) is 113 Å². The van der Waals surface area contributed by atoms with E-state index in [-0.39, 0.29) is 47.4 Å². The molecule has 34 heavy (non-hydrogen) atoms. The lowest BCUT2D eigenvalue weighted by molar-refractivity contribution is -0.121. The van der Waals surface area contributed by atoms with Gasteiger partial charge in [-0.3, -0.25) is 14.4 Å². The summed E-state index contributed by atoms with van der Waals surface area (Å²) in [6, 6.07) is 11.4. The quantitative estimate of drug-likeness (QED) is 0.585. The van der Waals surface area contributed by atoms with E-state index in [1.807, 2.05) is 19.1 Å². The summed E-state index contributed by atoms with van der Waals surface area (Å²) in [6.07, 6.45) is 2.65. The lowest BCUT2D eigenvalue weighted by atomic mass is 9.97. The Bertz CT molecular complexity index is 1210. The predicted molar refractivity (Wildman–Crippen MR) is 129 cm³/mol. The summed E-state index contributed by atoms with van der Waals surface area (Å²) >= 11 is 0. The minimum atomic E-state index is -3.69. The first-order valence-electron chi connectivity index (χ1n) is 11.5. The Morgan fingerprint density at radius 2 is 1.44 bits per heavy atom. The van der Waals surface area contributed by atoms with Gasteiger partial charge in [-0.1, -0.05) is 18.2 Å². The molecule has 0 bridgehead atoms. The molecule has 0 radical (unpaired) electrons. The molecule has 0 unspecified atom stereocenters. The van der Waals surface area contributed by atoms with E-state index in [1.165, 1.54) is 35.5 Å². The molecular formula is C25H29N3O5S. The van der Waals surface area contributed by atoms with Gasteiger partial charge >= 0.3 is 0 Å². The van der Waals surface area contributed by atoms with Gasteiger partial charge in [-0.05, 0) is 69.4 Å². The van der Waals surface area contributed by atoms with Crippen LogP contribution in [0.4, 0.5) is 11.4 Å². The number of nitrogens with one attached hydrogen (secondary N) is 2. The Labute approximate surface area is 199 Å². The van der Waals surface area contributed by atoms with Gasteiger partial charge in [0.15, 0.2) is 5.78 Å². The number of carbonyl (C=O) groups excluding carboxylic acids is 3. The molecule has 2 N–H and O–H groups in total. The van der Waals surface area contributed by atoms with Crippen molar-refractivity contribution in [3.05, 3.63) is 53.6 Å². The van der Waals surface area contributed by atoms with Crippen molar-refractivity contribution >= 4 is 39.0 Å². The fourth-order valence-electron chi connectivity index (χ4n) is 4.03. The van der Waals surface area contributed by atoms with E-state index < -0.39 is 10.0 Å². The zero-order chi connectivity index (χ0) is 24.5. The highest BCUT2D eigenvalue weighted by atomic mass is 32.2. The molecule has 1 aliphatic heterocycles. The normalized spacial score (nSPS) is 17.2. The van der Waals surface area contributed by atoms with Crippen molar-refractivity contribution in [2.24, 2.45) is 11.8 Å². The minimum Gasteiger partial charge on any atom is -0.326 e. The number of carbonyl (C=O) groups is 3. The van der Waals surface area contributed by atoms with E-state index in [4.69, 9.17) is 0 Å². The van der Waals surface area contributed by atoms with Crippen LogP contribution in [0.3, 0.4) is 0 Å². The van der Waals surface area contributed by atoms with Crippen LogP contribution in [-0.2, 0) is 19.6 Å². The molecule has 2 aliphatic rings. The second-order valence-electron chi connectivity index (χ2n) is 9.04. The van der Waals surface area contributed by atoms with Gasteiger partial charge in [-0.2, -0.15) is 4.31 Å². The van der Waals surface area contributed by atoms with E-state index in [1.54, 1.807) is 6.07 Å². The summed E-state index contributed by atoms with van der Waals surface area (Å²) in [5, 5.41) is 5.84. The number of benzene rings is 2. The molecule has 9 heteroatoms. The van der Waals surface area contributed by atoms with Crippen molar-refractivity contribution in [3.8, 4) is 0 Å². The molecular weight excluding hydrogens is 454 g/mol. The largest absolute Gasteiger partial charge is 0.326 e. The van der Waals surface area contributed by atoms with Crippen molar-refractivity contribution in [1.29, 1.82) is 0 Å². The van der Waals surface area contributed by atoms with Crippen LogP contribution >= 0.6 is 0 Å². The Kier molecular flexibility index (Phi) is 6.86. The van der Waals surface area contributed by atoms with Crippen LogP contribution in [0.1, 0.15) is 48.5 Å². The van der Waals surface area contributed by atoms with Crippen LogP contribution in [-0.4, -0.2) is 43.4 Å². The summed E-state index contributed by atoms with van der Waals surface area (Å²) in [4.78, 5) is 36.5. The third kappa shape index (κ3) is 5.37. The number of hydrogen-bond acceptors (Lipinski definition) is 5. The van der Waals surface area contributed by atoms with E-state index in [2.05, 4.69) is 10.6 Å². The summed E-state index contributed by atoms with van der Waals surface area (Å²) in [5.74, 6) is -0.493. The highest BCUT2D eigenvalue weighted by Gasteiger charge is 2.32. The van der Waals surface area contributed by atoms with E-state index in [0.717, 1.165) is 18.4 Å². The Hall–Kier alpha value is -3.04. The van der Waals surface area contributed by atoms with Gasteiger partial charge < -0.3 is 10.6 Å². The summed E-state index contributed by atoms with van der Waals surface area (Å²) in [6.45, 7) is 3.80. The SMILES string of the molecule is CC(=O)c1ccc(S(=O)(=O)N2CCC(C(=O)Nc3cc(NC(=O)C4CC4)ccc3C)CC2)cc1. The molecule has 1 heterocycles. The zero-order valence-electron chi connectivity index (χ0n) is 19.3. The Morgan fingerprint density at radius 1 is 0.853 bits per heavy atom. The maximum atomic E-state index is 13.0. The molecule has 1 saturated carbocycles. The van der Waals surface area contributed by atoms with E-state index >= 15 is 0 Å². The highest BCUT2D eigenvalue weighted by molar-refractivity contribution is 7.89. The van der Waals surface area contributed by atoms with Gasteiger partial charge in [0.2, 0.25) is 21.8 Å². The second-order valence-corrected chi connectivity index (χ2v) is 11.0. The van der Waals surface area contributed by atoms with Gasteiger partial charge in [0.05, 0.1) is 4.90 Å². The number of rotatable bonds is 7. The second kappa shape index (κ2) is 9.68. The molecule has 0 spiro atoms. The van der Waals surface area contributed by atoms with Crippen molar-refractivity contribution in [2.45, 2.75) is 44.4 Å².